The zero-order valence-corrected chi connectivity index (χ0v) is 14.2. The Hall–Kier alpha value is -1.53. The van der Waals surface area contributed by atoms with Gasteiger partial charge in [0.1, 0.15) is 0 Å². The summed E-state index contributed by atoms with van der Waals surface area (Å²) in [4.78, 5) is 16.8. The van der Waals surface area contributed by atoms with Crippen LogP contribution in [0.2, 0.25) is 0 Å². The van der Waals surface area contributed by atoms with Gasteiger partial charge in [0, 0.05) is 19.2 Å². The van der Waals surface area contributed by atoms with Crippen LogP contribution >= 0.6 is 11.8 Å². The number of carbonyl (C=O) groups is 1. The van der Waals surface area contributed by atoms with E-state index in [0.717, 1.165) is 35.6 Å². The number of fused-ring (bicyclic) bond motifs is 1. The Bertz CT molecular complexity index is 682. The van der Waals surface area contributed by atoms with Gasteiger partial charge in [-0.25, -0.2) is 4.98 Å². The second-order valence-electron chi connectivity index (χ2n) is 5.94. The van der Waals surface area contributed by atoms with Crippen LogP contribution in [0.4, 0.5) is 0 Å². The third-order valence-corrected chi connectivity index (χ3v) is 5.22. The van der Waals surface area contributed by atoms with Gasteiger partial charge in [0.15, 0.2) is 5.16 Å². The number of aryl methyl sites for hydroxylation is 1. The number of para-hydroxylation sites is 2. The van der Waals surface area contributed by atoms with Crippen LogP contribution < -0.4 is 5.32 Å². The van der Waals surface area contributed by atoms with Crippen molar-refractivity contribution in [1.82, 2.24) is 14.9 Å². The molecule has 1 amide bonds. The van der Waals surface area contributed by atoms with Crippen molar-refractivity contribution in [3.63, 3.8) is 0 Å². The number of imidazole rings is 1. The highest BCUT2D eigenvalue weighted by molar-refractivity contribution is 7.99. The molecular weight excluding hydrogens is 310 g/mol. The summed E-state index contributed by atoms with van der Waals surface area (Å²) in [6.07, 6.45) is 2.96. The Kier molecular flexibility index (Phi) is 5.23. The van der Waals surface area contributed by atoms with Crippen LogP contribution in [-0.4, -0.2) is 39.0 Å². The standard InChI is InChI=1S/C17H23N3O2S/c1-2-20-15-6-4-3-5-14(15)19-17(20)23-11-16(22)18-13(9-10-21)12-7-8-12/h3-6,12-13,21H,2,7-11H2,1H3,(H,18,22). The van der Waals surface area contributed by atoms with Crippen molar-refractivity contribution >= 4 is 28.7 Å². The predicted octanol–water partition coefficient (Wildman–Crippen LogP) is 2.43. The molecule has 1 atom stereocenters. The molecule has 0 spiro atoms. The van der Waals surface area contributed by atoms with Crippen molar-refractivity contribution in [3.8, 4) is 0 Å². The molecule has 124 valence electrons. The van der Waals surface area contributed by atoms with Gasteiger partial charge in [0.25, 0.3) is 0 Å². The van der Waals surface area contributed by atoms with E-state index in [9.17, 15) is 4.79 Å². The Morgan fingerprint density at radius 3 is 2.96 bits per heavy atom. The van der Waals surface area contributed by atoms with Crippen LogP contribution in [-0.2, 0) is 11.3 Å². The van der Waals surface area contributed by atoms with Crippen molar-refractivity contribution in [2.75, 3.05) is 12.4 Å². The van der Waals surface area contributed by atoms with E-state index >= 15 is 0 Å². The fourth-order valence-corrected chi connectivity index (χ4v) is 3.80. The van der Waals surface area contributed by atoms with E-state index in [4.69, 9.17) is 5.11 Å². The lowest BCUT2D eigenvalue weighted by Gasteiger charge is -2.16. The van der Waals surface area contributed by atoms with Crippen molar-refractivity contribution in [3.05, 3.63) is 24.3 Å². The summed E-state index contributed by atoms with van der Waals surface area (Å²) in [5.74, 6) is 0.934. The molecule has 1 unspecified atom stereocenters. The molecule has 0 radical (unpaired) electrons. The van der Waals surface area contributed by atoms with E-state index in [-0.39, 0.29) is 18.6 Å². The number of aliphatic hydroxyl groups is 1. The number of hydrogen-bond donors (Lipinski definition) is 2. The lowest BCUT2D eigenvalue weighted by Crippen LogP contribution is -2.38. The molecule has 1 aliphatic carbocycles. The SMILES string of the molecule is CCn1c(SCC(=O)NC(CCO)C2CC2)nc2ccccc21. The number of aliphatic hydroxyl groups excluding tert-OH is 1. The molecule has 0 bridgehead atoms. The lowest BCUT2D eigenvalue weighted by molar-refractivity contribution is -0.119. The van der Waals surface area contributed by atoms with E-state index < -0.39 is 0 Å². The average Bonchev–Trinajstić information content (AvgIpc) is 3.33. The summed E-state index contributed by atoms with van der Waals surface area (Å²) >= 11 is 1.47. The molecule has 0 saturated heterocycles. The largest absolute Gasteiger partial charge is 0.396 e. The number of aromatic nitrogens is 2. The first kappa shape index (κ1) is 16.3. The number of nitrogens with one attached hydrogen (secondary N) is 1. The first-order valence-corrected chi connectivity index (χ1v) is 9.19. The molecular formula is C17H23N3O2S. The lowest BCUT2D eigenvalue weighted by atomic mass is 10.1. The van der Waals surface area contributed by atoms with Crippen LogP contribution in [0.15, 0.2) is 29.4 Å². The van der Waals surface area contributed by atoms with Crippen molar-refractivity contribution in [1.29, 1.82) is 0 Å². The maximum absolute atomic E-state index is 12.2. The summed E-state index contributed by atoms with van der Waals surface area (Å²) in [5, 5.41) is 13.1. The number of nitrogens with zero attached hydrogens (tertiary/aromatic N) is 2. The Morgan fingerprint density at radius 1 is 1.48 bits per heavy atom. The van der Waals surface area contributed by atoms with E-state index in [1.54, 1.807) is 0 Å². The highest BCUT2D eigenvalue weighted by Gasteiger charge is 2.31. The Morgan fingerprint density at radius 2 is 2.26 bits per heavy atom. The van der Waals surface area contributed by atoms with E-state index in [1.165, 1.54) is 11.8 Å². The van der Waals surface area contributed by atoms with Gasteiger partial charge in [0.05, 0.1) is 16.8 Å². The molecule has 3 rings (SSSR count). The first-order chi connectivity index (χ1) is 11.2. The van der Waals surface area contributed by atoms with Gasteiger partial charge in [-0.15, -0.1) is 0 Å². The quantitative estimate of drug-likeness (QED) is 0.728. The van der Waals surface area contributed by atoms with Gasteiger partial charge in [-0.2, -0.15) is 0 Å². The van der Waals surface area contributed by atoms with Crippen molar-refractivity contribution < 1.29 is 9.90 Å². The van der Waals surface area contributed by atoms with Gasteiger partial charge in [-0.3, -0.25) is 4.79 Å². The minimum absolute atomic E-state index is 0.0232. The van der Waals surface area contributed by atoms with Crippen molar-refractivity contribution in [2.24, 2.45) is 5.92 Å². The monoisotopic (exact) mass is 333 g/mol. The maximum Gasteiger partial charge on any atom is 0.230 e. The highest BCUT2D eigenvalue weighted by Crippen LogP contribution is 2.34. The Labute approximate surface area is 140 Å². The Balaban J connectivity index is 1.62. The van der Waals surface area contributed by atoms with Crippen LogP contribution in [0, 0.1) is 5.92 Å². The highest BCUT2D eigenvalue weighted by atomic mass is 32.2. The van der Waals surface area contributed by atoms with Crippen LogP contribution in [0.25, 0.3) is 11.0 Å². The molecule has 1 aromatic carbocycles. The number of amides is 1. The maximum atomic E-state index is 12.2. The number of hydrogen-bond acceptors (Lipinski definition) is 4. The zero-order chi connectivity index (χ0) is 16.2. The topological polar surface area (TPSA) is 67.2 Å². The number of thioether (sulfide) groups is 1. The molecule has 1 heterocycles. The van der Waals surface area contributed by atoms with Crippen LogP contribution in [0.1, 0.15) is 26.2 Å². The minimum Gasteiger partial charge on any atom is -0.396 e. The molecule has 0 aliphatic heterocycles. The average molecular weight is 333 g/mol. The molecule has 1 aromatic heterocycles. The predicted molar refractivity (Wildman–Crippen MR) is 92.5 cm³/mol. The smallest absolute Gasteiger partial charge is 0.230 e. The van der Waals surface area contributed by atoms with Gasteiger partial charge >= 0.3 is 0 Å². The van der Waals surface area contributed by atoms with E-state index in [0.29, 0.717) is 18.1 Å². The fourth-order valence-electron chi connectivity index (χ4n) is 2.91. The summed E-state index contributed by atoms with van der Waals surface area (Å²) < 4.78 is 2.14. The summed E-state index contributed by atoms with van der Waals surface area (Å²) in [6.45, 7) is 3.04. The van der Waals surface area contributed by atoms with Gasteiger partial charge in [-0.05, 0) is 44.2 Å². The summed E-state index contributed by atoms with van der Waals surface area (Å²) in [6, 6.07) is 8.16. The third kappa shape index (κ3) is 3.87. The summed E-state index contributed by atoms with van der Waals surface area (Å²) in [7, 11) is 0. The number of rotatable bonds is 8. The van der Waals surface area contributed by atoms with Gasteiger partial charge < -0.3 is 15.0 Å². The van der Waals surface area contributed by atoms with Crippen molar-refractivity contribution in [2.45, 2.75) is 43.9 Å². The van der Waals surface area contributed by atoms with E-state index in [1.807, 2.05) is 18.2 Å². The summed E-state index contributed by atoms with van der Waals surface area (Å²) in [5.41, 5.74) is 2.07. The third-order valence-electron chi connectivity index (χ3n) is 4.25. The van der Waals surface area contributed by atoms with E-state index in [2.05, 4.69) is 27.9 Å². The van der Waals surface area contributed by atoms with Crippen LogP contribution in [0.3, 0.4) is 0 Å². The molecule has 2 aromatic rings. The fraction of sp³-hybridized carbons (Fsp3) is 0.529. The van der Waals surface area contributed by atoms with Gasteiger partial charge in [0.2, 0.25) is 5.91 Å². The second kappa shape index (κ2) is 7.36. The molecule has 1 saturated carbocycles. The van der Waals surface area contributed by atoms with Crippen LogP contribution in [0.5, 0.6) is 0 Å². The van der Waals surface area contributed by atoms with Gasteiger partial charge in [-0.1, -0.05) is 23.9 Å². The molecule has 6 heteroatoms. The number of carbonyl (C=O) groups excluding carboxylic acids is 1. The molecule has 1 fully saturated rings. The molecule has 2 N–H and O–H groups in total. The minimum atomic E-state index is 0.0232. The zero-order valence-electron chi connectivity index (χ0n) is 13.4. The normalized spacial score (nSPS) is 15.7. The molecule has 23 heavy (non-hydrogen) atoms. The molecule has 1 aliphatic rings. The first-order valence-electron chi connectivity index (χ1n) is 8.21. The molecule has 5 nitrogen and oxygen atoms in total. The second-order valence-corrected chi connectivity index (χ2v) is 6.88. The number of benzene rings is 1.